The Hall–Kier alpha value is -2.29. The van der Waals surface area contributed by atoms with Crippen molar-refractivity contribution in [3.05, 3.63) is 59.7 Å². The SMILES string of the molecule is Cc1cc(NCc2ccco2)c2cccc(C)c2n1. The first-order valence-electron chi connectivity index (χ1n) is 6.37. The van der Waals surface area contributed by atoms with E-state index in [0.29, 0.717) is 6.54 Å². The zero-order valence-electron chi connectivity index (χ0n) is 11.1. The third-order valence-corrected chi connectivity index (χ3v) is 3.20. The average Bonchev–Trinajstić information content (AvgIpc) is 2.90. The molecule has 3 rings (SSSR count). The number of aromatic nitrogens is 1. The number of furan rings is 1. The summed E-state index contributed by atoms with van der Waals surface area (Å²) in [6.45, 7) is 4.79. The zero-order valence-corrected chi connectivity index (χ0v) is 11.1. The molecule has 0 bridgehead atoms. The van der Waals surface area contributed by atoms with Gasteiger partial charge >= 0.3 is 0 Å². The molecule has 2 aromatic heterocycles. The van der Waals surface area contributed by atoms with Crippen molar-refractivity contribution < 1.29 is 4.42 Å². The molecule has 3 aromatic rings. The lowest BCUT2D eigenvalue weighted by Gasteiger charge is -2.11. The predicted octanol–water partition coefficient (Wildman–Crippen LogP) is 4.06. The van der Waals surface area contributed by atoms with E-state index >= 15 is 0 Å². The van der Waals surface area contributed by atoms with Crippen molar-refractivity contribution in [2.75, 3.05) is 5.32 Å². The summed E-state index contributed by atoms with van der Waals surface area (Å²) in [5, 5.41) is 4.57. The summed E-state index contributed by atoms with van der Waals surface area (Å²) in [5.74, 6) is 0.926. The van der Waals surface area contributed by atoms with E-state index in [4.69, 9.17) is 4.42 Å². The van der Waals surface area contributed by atoms with Crippen LogP contribution < -0.4 is 5.32 Å². The van der Waals surface area contributed by atoms with Gasteiger partial charge in [-0.1, -0.05) is 18.2 Å². The Morgan fingerprint density at radius 1 is 1.16 bits per heavy atom. The van der Waals surface area contributed by atoms with Gasteiger partial charge in [-0.15, -0.1) is 0 Å². The summed E-state index contributed by atoms with van der Waals surface area (Å²) in [4.78, 5) is 4.62. The van der Waals surface area contributed by atoms with Gasteiger partial charge in [0.15, 0.2) is 0 Å². The average molecular weight is 252 g/mol. The third kappa shape index (κ3) is 2.32. The normalized spacial score (nSPS) is 10.8. The molecule has 0 aliphatic heterocycles. The van der Waals surface area contributed by atoms with E-state index in [1.165, 1.54) is 5.56 Å². The molecule has 0 amide bonds. The van der Waals surface area contributed by atoms with Gasteiger partial charge in [0.2, 0.25) is 0 Å². The highest BCUT2D eigenvalue weighted by molar-refractivity contribution is 5.93. The monoisotopic (exact) mass is 252 g/mol. The van der Waals surface area contributed by atoms with Gasteiger partial charge < -0.3 is 9.73 Å². The quantitative estimate of drug-likeness (QED) is 0.764. The Morgan fingerprint density at radius 3 is 2.84 bits per heavy atom. The van der Waals surface area contributed by atoms with Crippen LogP contribution >= 0.6 is 0 Å². The Labute approximate surface area is 112 Å². The van der Waals surface area contributed by atoms with Crippen LogP contribution in [0.1, 0.15) is 17.0 Å². The maximum absolute atomic E-state index is 5.34. The van der Waals surface area contributed by atoms with Gasteiger partial charge in [-0.25, -0.2) is 0 Å². The van der Waals surface area contributed by atoms with Crippen molar-refractivity contribution in [3.63, 3.8) is 0 Å². The summed E-state index contributed by atoms with van der Waals surface area (Å²) < 4.78 is 5.34. The van der Waals surface area contributed by atoms with E-state index in [2.05, 4.69) is 41.5 Å². The van der Waals surface area contributed by atoms with Gasteiger partial charge in [0.05, 0.1) is 18.3 Å². The van der Waals surface area contributed by atoms with Gasteiger partial charge in [0.1, 0.15) is 5.76 Å². The number of rotatable bonds is 3. The van der Waals surface area contributed by atoms with Crippen molar-refractivity contribution in [1.82, 2.24) is 4.98 Å². The van der Waals surface area contributed by atoms with Crippen LogP contribution in [0.3, 0.4) is 0 Å². The Bertz CT molecular complexity index is 702. The van der Waals surface area contributed by atoms with Crippen LogP contribution in [0.5, 0.6) is 0 Å². The van der Waals surface area contributed by atoms with Gasteiger partial charge in [-0.2, -0.15) is 0 Å². The summed E-state index contributed by atoms with van der Waals surface area (Å²) in [5.41, 5.74) is 4.37. The summed E-state index contributed by atoms with van der Waals surface area (Å²) >= 11 is 0. The van der Waals surface area contributed by atoms with E-state index in [1.807, 2.05) is 19.1 Å². The maximum atomic E-state index is 5.34. The fourth-order valence-corrected chi connectivity index (χ4v) is 2.26. The smallest absolute Gasteiger partial charge is 0.122 e. The van der Waals surface area contributed by atoms with Gasteiger partial charge in [-0.3, -0.25) is 4.98 Å². The van der Waals surface area contributed by atoms with Crippen LogP contribution in [0.15, 0.2) is 47.1 Å². The molecule has 0 aliphatic carbocycles. The van der Waals surface area contributed by atoms with Gasteiger partial charge in [0.25, 0.3) is 0 Å². The molecule has 0 saturated carbocycles. The van der Waals surface area contributed by atoms with Crippen LogP contribution in [-0.2, 0) is 6.54 Å². The van der Waals surface area contributed by atoms with E-state index in [0.717, 1.165) is 28.0 Å². The minimum Gasteiger partial charge on any atom is -0.467 e. The van der Waals surface area contributed by atoms with Crippen molar-refractivity contribution in [1.29, 1.82) is 0 Å². The number of fused-ring (bicyclic) bond motifs is 1. The van der Waals surface area contributed by atoms with Crippen molar-refractivity contribution in [2.45, 2.75) is 20.4 Å². The second-order valence-corrected chi connectivity index (χ2v) is 4.72. The number of hydrogen-bond donors (Lipinski definition) is 1. The van der Waals surface area contributed by atoms with E-state index in [1.54, 1.807) is 6.26 Å². The number of aryl methyl sites for hydroxylation is 2. The molecule has 0 spiro atoms. The largest absolute Gasteiger partial charge is 0.467 e. The standard InChI is InChI=1S/C16H16N2O/c1-11-5-3-7-14-15(9-12(2)18-16(11)14)17-10-13-6-4-8-19-13/h3-9H,10H2,1-2H3,(H,17,18). The first-order chi connectivity index (χ1) is 9.24. The molecule has 0 atom stereocenters. The van der Waals surface area contributed by atoms with Crippen LogP contribution in [0.2, 0.25) is 0 Å². The molecule has 2 heterocycles. The zero-order chi connectivity index (χ0) is 13.2. The number of pyridine rings is 1. The molecule has 3 heteroatoms. The number of anilines is 1. The first kappa shape index (κ1) is 11.8. The van der Waals surface area contributed by atoms with Gasteiger partial charge in [-0.05, 0) is 37.6 Å². The molecule has 1 N–H and O–H groups in total. The molecule has 3 nitrogen and oxygen atoms in total. The van der Waals surface area contributed by atoms with Crippen molar-refractivity contribution >= 4 is 16.6 Å². The number of para-hydroxylation sites is 1. The maximum Gasteiger partial charge on any atom is 0.122 e. The van der Waals surface area contributed by atoms with Crippen LogP contribution in [0, 0.1) is 13.8 Å². The van der Waals surface area contributed by atoms with Crippen LogP contribution in [-0.4, -0.2) is 4.98 Å². The second-order valence-electron chi connectivity index (χ2n) is 4.72. The molecule has 0 unspecified atom stereocenters. The highest BCUT2D eigenvalue weighted by Crippen LogP contribution is 2.25. The topological polar surface area (TPSA) is 38.1 Å². The van der Waals surface area contributed by atoms with Crippen LogP contribution in [0.4, 0.5) is 5.69 Å². The number of benzene rings is 1. The molecular formula is C16H16N2O. The second kappa shape index (κ2) is 4.76. The highest BCUT2D eigenvalue weighted by atomic mass is 16.3. The molecule has 96 valence electrons. The fourth-order valence-electron chi connectivity index (χ4n) is 2.26. The summed E-state index contributed by atoms with van der Waals surface area (Å²) in [6.07, 6.45) is 1.69. The lowest BCUT2D eigenvalue weighted by Crippen LogP contribution is -2.00. The highest BCUT2D eigenvalue weighted by Gasteiger charge is 2.06. The number of nitrogens with zero attached hydrogens (tertiary/aromatic N) is 1. The molecule has 0 aliphatic rings. The van der Waals surface area contributed by atoms with E-state index in [-0.39, 0.29) is 0 Å². The van der Waals surface area contributed by atoms with E-state index in [9.17, 15) is 0 Å². The predicted molar refractivity (Wildman–Crippen MR) is 77.3 cm³/mol. The number of hydrogen-bond acceptors (Lipinski definition) is 3. The third-order valence-electron chi connectivity index (χ3n) is 3.20. The number of nitrogens with one attached hydrogen (secondary N) is 1. The molecular weight excluding hydrogens is 236 g/mol. The van der Waals surface area contributed by atoms with Crippen molar-refractivity contribution in [2.24, 2.45) is 0 Å². The van der Waals surface area contributed by atoms with Crippen LogP contribution in [0.25, 0.3) is 10.9 Å². The summed E-state index contributed by atoms with van der Waals surface area (Å²) in [6, 6.07) is 12.2. The fraction of sp³-hybridized carbons (Fsp3) is 0.188. The Morgan fingerprint density at radius 2 is 2.05 bits per heavy atom. The molecule has 1 aromatic carbocycles. The first-order valence-corrected chi connectivity index (χ1v) is 6.37. The molecule has 0 radical (unpaired) electrons. The minimum atomic E-state index is 0.680. The Kier molecular flexibility index (Phi) is 2.95. The summed E-state index contributed by atoms with van der Waals surface area (Å²) in [7, 11) is 0. The lowest BCUT2D eigenvalue weighted by atomic mass is 10.1. The molecule has 0 fully saturated rings. The minimum absolute atomic E-state index is 0.680. The molecule has 19 heavy (non-hydrogen) atoms. The van der Waals surface area contributed by atoms with Crippen molar-refractivity contribution in [3.8, 4) is 0 Å². The lowest BCUT2D eigenvalue weighted by molar-refractivity contribution is 0.518. The Balaban J connectivity index is 2.00. The molecule has 0 saturated heterocycles. The van der Waals surface area contributed by atoms with E-state index < -0.39 is 0 Å². The van der Waals surface area contributed by atoms with Gasteiger partial charge in [0, 0.05) is 16.8 Å².